The molecule has 1 aromatic rings. The maximum absolute atomic E-state index is 13.2. The van der Waals surface area contributed by atoms with Gasteiger partial charge >= 0.3 is 0 Å². The van der Waals surface area contributed by atoms with Crippen molar-refractivity contribution >= 4 is 0 Å². The summed E-state index contributed by atoms with van der Waals surface area (Å²) in [5, 5.41) is 13.1. The molecule has 0 radical (unpaired) electrons. The van der Waals surface area contributed by atoms with Crippen molar-refractivity contribution in [1.82, 2.24) is 5.32 Å². The van der Waals surface area contributed by atoms with Gasteiger partial charge in [-0.2, -0.15) is 0 Å². The molecule has 2 N–H and O–H groups in total. The Balaban J connectivity index is 2.08. The summed E-state index contributed by atoms with van der Waals surface area (Å²) >= 11 is 0. The highest BCUT2D eigenvalue weighted by molar-refractivity contribution is 5.43. The number of halogens is 1. The van der Waals surface area contributed by atoms with E-state index in [1.165, 1.54) is 18.9 Å². The Bertz CT molecular complexity index is 401. The third kappa shape index (κ3) is 1.51. The molecule has 1 unspecified atom stereocenters. The lowest BCUT2D eigenvalue weighted by Crippen LogP contribution is -2.31. The minimum atomic E-state index is -0.333. The standard InChI is InChI=1S/C12H14FNO/c13-8-5-10-9(11(15)6-8)3-4-14-12(10)7-1-2-7/h5-7,12,14-15H,1-4H2. The molecule has 3 rings (SSSR count). The molecular formula is C12H14FNO. The smallest absolute Gasteiger partial charge is 0.127 e. The third-order valence-electron chi connectivity index (χ3n) is 3.39. The lowest BCUT2D eigenvalue weighted by Gasteiger charge is -2.27. The monoisotopic (exact) mass is 207 g/mol. The third-order valence-corrected chi connectivity index (χ3v) is 3.39. The van der Waals surface area contributed by atoms with E-state index < -0.39 is 0 Å². The number of hydrogen-bond acceptors (Lipinski definition) is 2. The zero-order valence-electron chi connectivity index (χ0n) is 8.46. The first-order valence-electron chi connectivity index (χ1n) is 5.50. The molecular weight excluding hydrogens is 193 g/mol. The van der Waals surface area contributed by atoms with Crippen molar-refractivity contribution in [2.45, 2.75) is 25.3 Å². The van der Waals surface area contributed by atoms with Gasteiger partial charge in [-0.05, 0) is 43.4 Å². The van der Waals surface area contributed by atoms with Crippen molar-refractivity contribution < 1.29 is 9.50 Å². The molecule has 0 aromatic heterocycles. The van der Waals surface area contributed by atoms with E-state index in [0.29, 0.717) is 5.92 Å². The maximum atomic E-state index is 13.2. The van der Waals surface area contributed by atoms with Crippen molar-refractivity contribution in [3.63, 3.8) is 0 Å². The molecule has 0 saturated heterocycles. The summed E-state index contributed by atoms with van der Waals surface area (Å²) < 4.78 is 13.2. The van der Waals surface area contributed by atoms with Crippen LogP contribution >= 0.6 is 0 Å². The van der Waals surface area contributed by atoms with Crippen LogP contribution in [0.15, 0.2) is 12.1 Å². The van der Waals surface area contributed by atoms with Gasteiger partial charge in [0.15, 0.2) is 0 Å². The Kier molecular flexibility index (Phi) is 1.96. The van der Waals surface area contributed by atoms with Gasteiger partial charge in [-0.1, -0.05) is 0 Å². The number of rotatable bonds is 1. The first kappa shape index (κ1) is 9.16. The van der Waals surface area contributed by atoms with Crippen LogP contribution in [0.4, 0.5) is 4.39 Å². The number of fused-ring (bicyclic) bond motifs is 1. The van der Waals surface area contributed by atoms with Gasteiger partial charge in [-0.15, -0.1) is 0 Å². The molecule has 0 bridgehead atoms. The molecule has 1 aliphatic carbocycles. The van der Waals surface area contributed by atoms with Crippen molar-refractivity contribution in [2.75, 3.05) is 6.54 Å². The second kappa shape index (κ2) is 3.20. The Hall–Kier alpha value is -1.09. The van der Waals surface area contributed by atoms with Gasteiger partial charge in [0, 0.05) is 17.7 Å². The van der Waals surface area contributed by atoms with Crippen molar-refractivity contribution in [1.29, 1.82) is 0 Å². The van der Waals surface area contributed by atoms with E-state index in [0.717, 1.165) is 24.1 Å². The predicted molar refractivity (Wildman–Crippen MR) is 55.2 cm³/mol. The highest BCUT2D eigenvalue weighted by Crippen LogP contribution is 2.44. The second-order valence-corrected chi connectivity index (χ2v) is 4.51. The van der Waals surface area contributed by atoms with E-state index in [4.69, 9.17) is 0 Å². The molecule has 0 amide bonds. The summed E-state index contributed by atoms with van der Waals surface area (Å²) in [5.41, 5.74) is 1.91. The summed E-state index contributed by atoms with van der Waals surface area (Å²) in [4.78, 5) is 0. The van der Waals surface area contributed by atoms with Crippen LogP contribution < -0.4 is 5.32 Å². The topological polar surface area (TPSA) is 32.3 Å². The first-order valence-corrected chi connectivity index (χ1v) is 5.50. The van der Waals surface area contributed by atoms with E-state index in [1.54, 1.807) is 6.07 Å². The summed E-state index contributed by atoms with van der Waals surface area (Å²) in [7, 11) is 0. The average Bonchev–Trinajstić information content (AvgIpc) is 3.00. The summed E-state index contributed by atoms with van der Waals surface area (Å²) in [6.07, 6.45) is 3.23. The van der Waals surface area contributed by atoms with Crippen molar-refractivity contribution in [2.24, 2.45) is 5.92 Å². The quantitative estimate of drug-likeness (QED) is 0.739. The van der Waals surface area contributed by atoms with E-state index in [2.05, 4.69) is 5.32 Å². The number of benzene rings is 1. The molecule has 0 spiro atoms. The number of aromatic hydroxyl groups is 1. The van der Waals surface area contributed by atoms with Crippen LogP contribution in [-0.4, -0.2) is 11.7 Å². The first-order chi connectivity index (χ1) is 7.25. The molecule has 1 atom stereocenters. The largest absolute Gasteiger partial charge is 0.508 e. The number of phenolic OH excluding ortho intramolecular Hbond substituents is 1. The SMILES string of the molecule is Oc1cc(F)cc2c1CCNC2C1CC1. The molecule has 1 aromatic carbocycles. The zero-order chi connectivity index (χ0) is 10.4. The van der Waals surface area contributed by atoms with Gasteiger partial charge in [0.2, 0.25) is 0 Å². The van der Waals surface area contributed by atoms with Crippen LogP contribution in [-0.2, 0) is 6.42 Å². The number of phenols is 1. The zero-order valence-corrected chi connectivity index (χ0v) is 8.46. The molecule has 80 valence electrons. The fourth-order valence-electron chi connectivity index (χ4n) is 2.51. The molecule has 2 nitrogen and oxygen atoms in total. The Morgan fingerprint density at radius 2 is 2.13 bits per heavy atom. The molecule has 3 heteroatoms. The Morgan fingerprint density at radius 1 is 1.33 bits per heavy atom. The Morgan fingerprint density at radius 3 is 2.87 bits per heavy atom. The van der Waals surface area contributed by atoms with E-state index in [9.17, 15) is 9.50 Å². The number of hydrogen-bond donors (Lipinski definition) is 2. The summed E-state index contributed by atoms with van der Waals surface area (Å²) in [6, 6.07) is 3.05. The fourth-order valence-corrected chi connectivity index (χ4v) is 2.51. The molecule has 1 aliphatic heterocycles. The normalized spacial score (nSPS) is 25.0. The van der Waals surface area contributed by atoms with Crippen LogP contribution in [0.1, 0.15) is 30.0 Å². The van der Waals surface area contributed by atoms with Crippen LogP contribution in [0, 0.1) is 11.7 Å². The van der Waals surface area contributed by atoms with Crippen LogP contribution in [0.2, 0.25) is 0 Å². The van der Waals surface area contributed by atoms with Gasteiger partial charge in [-0.3, -0.25) is 0 Å². The van der Waals surface area contributed by atoms with Crippen LogP contribution in [0.25, 0.3) is 0 Å². The minimum absolute atomic E-state index is 0.122. The maximum Gasteiger partial charge on any atom is 0.127 e. The van der Waals surface area contributed by atoms with Gasteiger partial charge in [0.05, 0.1) is 0 Å². The van der Waals surface area contributed by atoms with E-state index >= 15 is 0 Å². The van der Waals surface area contributed by atoms with E-state index in [-0.39, 0.29) is 17.6 Å². The van der Waals surface area contributed by atoms with Gasteiger partial charge < -0.3 is 10.4 Å². The Labute approximate surface area is 88.1 Å². The molecule has 2 aliphatic rings. The van der Waals surface area contributed by atoms with E-state index in [1.807, 2.05) is 0 Å². The van der Waals surface area contributed by atoms with Crippen LogP contribution in [0.5, 0.6) is 5.75 Å². The highest BCUT2D eigenvalue weighted by Gasteiger charge is 2.35. The fraction of sp³-hybridized carbons (Fsp3) is 0.500. The summed E-state index contributed by atoms with van der Waals surface area (Å²) in [6.45, 7) is 0.882. The predicted octanol–water partition coefficient (Wildman–Crippen LogP) is 2.13. The minimum Gasteiger partial charge on any atom is -0.508 e. The summed E-state index contributed by atoms with van der Waals surface area (Å²) in [5.74, 6) is 0.433. The second-order valence-electron chi connectivity index (χ2n) is 4.51. The van der Waals surface area contributed by atoms with Crippen LogP contribution in [0.3, 0.4) is 0 Å². The van der Waals surface area contributed by atoms with Crippen molar-refractivity contribution in [3.05, 3.63) is 29.1 Å². The molecule has 15 heavy (non-hydrogen) atoms. The number of nitrogens with one attached hydrogen (secondary N) is 1. The lowest BCUT2D eigenvalue weighted by molar-refractivity contribution is 0.421. The van der Waals surface area contributed by atoms with Crippen molar-refractivity contribution in [3.8, 4) is 5.75 Å². The van der Waals surface area contributed by atoms with Gasteiger partial charge in [0.25, 0.3) is 0 Å². The highest BCUT2D eigenvalue weighted by atomic mass is 19.1. The molecule has 1 heterocycles. The van der Waals surface area contributed by atoms with Gasteiger partial charge in [0.1, 0.15) is 11.6 Å². The van der Waals surface area contributed by atoms with Gasteiger partial charge in [-0.25, -0.2) is 4.39 Å². The lowest BCUT2D eigenvalue weighted by atomic mass is 9.91. The average molecular weight is 207 g/mol. The molecule has 1 saturated carbocycles. The molecule has 1 fully saturated rings.